The number of hydrogen-bond donors (Lipinski definition) is 0. The molecular formula is C49H51N7O7. The minimum Gasteiger partial charge on any atom is -0.496 e. The first kappa shape index (κ1) is 41.6. The highest BCUT2D eigenvalue weighted by Gasteiger charge is 2.35. The normalized spacial score (nSPS) is 18.8. The number of aromatic nitrogens is 3. The molecule has 3 atom stereocenters. The summed E-state index contributed by atoms with van der Waals surface area (Å²) in [6.07, 6.45) is 5.75. The predicted octanol–water partition coefficient (Wildman–Crippen LogP) is 8.08. The van der Waals surface area contributed by atoms with Gasteiger partial charge >= 0.3 is 0 Å². The lowest BCUT2D eigenvalue weighted by molar-refractivity contribution is -0.384. The molecule has 2 fully saturated rings. The van der Waals surface area contributed by atoms with Gasteiger partial charge in [0.25, 0.3) is 17.5 Å². The average Bonchev–Trinajstić information content (AvgIpc) is 3.89. The van der Waals surface area contributed by atoms with Gasteiger partial charge in [0, 0.05) is 91.1 Å². The Labute approximate surface area is 366 Å². The van der Waals surface area contributed by atoms with Gasteiger partial charge < -0.3 is 33.5 Å². The van der Waals surface area contributed by atoms with Crippen molar-refractivity contribution in [3.8, 4) is 17.0 Å². The lowest BCUT2D eigenvalue weighted by Crippen LogP contribution is -2.45. The summed E-state index contributed by atoms with van der Waals surface area (Å²) in [5, 5.41) is 17.9. The number of amides is 2. The number of non-ortho nitro benzene ring substituents is 1. The molecule has 5 heterocycles. The highest BCUT2D eigenvalue weighted by atomic mass is 16.6. The standard InChI is InChI=1S/C49H51N7O7/c1-5-52-21-23-62-46(31-52)34-19-22-63-47(24-34)55-43-26-38(15-14-35(43)28-50-55)54(30-37-12-8-9-13-45(37)61-4)49(58)41-27-44(51(3)32(41)2)42-25-39(56(59)60)16-17-40(42)48(57)53-20-18-33-10-6-7-11-36(33)29-53/h5-17,25-28,34,46-47H,1,18-24,29-31H2,2-4H3. The van der Waals surface area contributed by atoms with Gasteiger partial charge in [-0.05, 0) is 85.8 Å². The maximum Gasteiger partial charge on any atom is 0.270 e. The number of anilines is 1. The summed E-state index contributed by atoms with van der Waals surface area (Å²) >= 11 is 0. The Bertz CT molecular complexity index is 2720. The van der Waals surface area contributed by atoms with E-state index in [0.717, 1.165) is 48.0 Å². The molecule has 0 saturated carbocycles. The van der Waals surface area contributed by atoms with E-state index in [-0.39, 0.29) is 42.3 Å². The summed E-state index contributed by atoms with van der Waals surface area (Å²) in [5.74, 6) is 0.369. The van der Waals surface area contributed by atoms with Gasteiger partial charge in [-0.1, -0.05) is 49.0 Å². The van der Waals surface area contributed by atoms with Crippen molar-refractivity contribution < 1.29 is 28.7 Å². The van der Waals surface area contributed by atoms with Gasteiger partial charge in [-0.2, -0.15) is 5.10 Å². The number of rotatable bonds is 11. The first-order valence-corrected chi connectivity index (χ1v) is 21.4. The van der Waals surface area contributed by atoms with Crippen LogP contribution in [0, 0.1) is 23.0 Å². The zero-order valence-corrected chi connectivity index (χ0v) is 35.8. The zero-order valence-electron chi connectivity index (χ0n) is 35.8. The summed E-state index contributed by atoms with van der Waals surface area (Å²) in [5.41, 5.74) is 6.59. The van der Waals surface area contributed by atoms with Crippen molar-refractivity contribution in [3.05, 3.63) is 154 Å². The van der Waals surface area contributed by atoms with Crippen molar-refractivity contribution in [2.24, 2.45) is 13.0 Å². The Balaban J connectivity index is 1.08. The van der Waals surface area contributed by atoms with Gasteiger partial charge in [0.2, 0.25) is 0 Å². The number of nitro groups is 1. The van der Waals surface area contributed by atoms with Crippen molar-refractivity contribution >= 4 is 34.1 Å². The third kappa shape index (κ3) is 8.07. The van der Waals surface area contributed by atoms with Crippen LogP contribution in [0.1, 0.15) is 62.2 Å². The van der Waals surface area contributed by atoms with E-state index in [0.29, 0.717) is 72.2 Å². The Hall–Kier alpha value is -6.77. The lowest BCUT2D eigenvalue weighted by atomic mass is 9.91. The van der Waals surface area contributed by atoms with Gasteiger partial charge in [-0.3, -0.25) is 19.7 Å². The SMILES string of the molecule is C=CN1CCOC(C2CCOC(n3ncc4ccc(N(Cc5ccccc5OC)C(=O)c5cc(-c6cc([N+](=O)[O-])ccc6C(=O)N6CCc7ccccc7C6)n(C)c5C)cc43)C2)C1. The number of ether oxygens (including phenoxy) is 3. The number of benzene rings is 4. The molecule has 3 aliphatic rings. The molecule has 0 spiro atoms. The second kappa shape index (κ2) is 17.5. The maximum atomic E-state index is 15.3. The van der Waals surface area contributed by atoms with Gasteiger partial charge in [0.05, 0.1) is 48.6 Å². The second-order valence-corrected chi connectivity index (χ2v) is 16.6. The van der Waals surface area contributed by atoms with E-state index in [1.807, 2.05) is 96.3 Å². The summed E-state index contributed by atoms with van der Waals surface area (Å²) < 4.78 is 22.1. The number of fused-ring (bicyclic) bond motifs is 2. The molecule has 3 unspecified atom stereocenters. The first-order chi connectivity index (χ1) is 30.6. The van der Waals surface area contributed by atoms with E-state index < -0.39 is 4.92 Å². The molecule has 6 aromatic rings. The van der Waals surface area contributed by atoms with Crippen LogP contribution in [-0.2, 0) is 36.0 Å². The van der Waals surface area contributed by atoms with E-state index in [2.05, 4.69) is 17.5 Å². The molecule has 9 rings (SSSR count). The molecule has 4 aromatic carbocycles. The molecule has 14 heteroatoms. The molecular weight excluding hydrogens is 799 g/mol. The Morgan fingerprint density at radius 1 is 0.984 bits per heavy atom. The van der Waals surface area contributed by atoms with Crippen molar-refractivity contribution in [2.45, 2.75) is 51.6 Å². The topological polar surface area (TPSA) is 137 Å². The molecule has 0 aliphatic carbocycles. The fourth-order valence-corrected chi connectivity index (χ4v) is 9.37. The molecule has 0 bridgehead atoms. The summed E-state index contributed by atoms with van der Waals surface area (Å²) in [7, 11) is 3.42. The van der Waals surface area contributed by atoms with Crippen LogP contribution in [0.25, 0.3) is 22.2 Å². The molecule has 14 nitrogen and oxygen atoms in total. The average molecular weight is 850 g/mol. The molecule has 0 N–H and O–H groups in total. The molecule has 3 aliphatic heterocycles. The summed E-state index contributed by atoms with van der Waals surface area (Å²) in [6.45, 7) is 9.78. The molecule has 63 heavy (non-hydrogen) atoms. The lowest BCUT2D eigenvalue weighted by Gasteiger charge is -2.39. The van der Waals surface area contributed by atoms with Crippen molar-refractivity contribution in [1.82, 2.24) is 24.1 Å². The van der Waals surface area contributed by atoms with Gasteiger partial charge in [-0.25, -0.2) is 4.68 Å². The number of methoxy groups -OCH3 is 1. The van der Waals surface area contributed by atoms with Gasteiger partial charge in [0.15, 0.2) is 6.23 Å². The zero-order chi connectivity index (χ0) is 43.8. The van der Waals surface area contributed by atoms with Crippen molar-refractivity contribution in [3.63, 3.8) is 0 Å². The molecule has 2 aromatic heterocycles. The number of carbonyl (C=O) groups is 2. The van der Waals surface area contributed by atoms with Crippen molar-refractivity contribution in [1.29, 1.82) is 0 Å². The minimum atomic E-state index is -0.467. The van der Waals surface area contributed by atoms with Crippen LogP contribution in [0.3, 0.4) is 0 Å². The Morgan fingerprint density at radius 2 is 1.79 bits per heavy atom. The van der Waals surface area contributed by atoms with Crippen LogP contribution >= 0.6 is 0 Å². The number of morpholine rings is 1. The third-order valence-corrected chi connectivity index (χ3v) is 13.0. The van der Waals surface area contributed by atoms with E-state index in [4.69, 9.17) is 19.3 Å². The quantitative estimate of drug-likeness (QED) is 0.0936. The maximum absolute atomic E-state index is 15.3. The van der Waals surface area contributed by atoms with Crippen LogP contribution in [-0.4, -0.2) is 86.9 Å². The Kier molecular flexibility index (Phi) is 11.6. The van der Waals surface area contributed by atoms with Crippen molar-refractivity contribution in [2.75, 3.05) is 44.9 Å². The highest BCUT2D eigenvalue weighted by Crippen LogP contribution is 2.37. The number of nitrogens with zero attached hydrogens (tertiary/aromatic N) is 7. The van der Waals surface area contributed by atoms with Gasteiger partial charge in [-0.15, -0.1) is 0 Å². The van der Waals surface area contributed by atoms with E-state index in [1.165, 1.54) is 23.8 Å². The predicted molar refractivity (Wildman–Crippen MR) is 240 cm³/mol. The molecule has 324 valence electrons. The molecule has 2 saturated heterocycles. The fraction of sp³-hybridized carbons (Fsp3) is 0.327. The van der Waals surface area contributed by atoms with E-state index in [1.54, 1.807) is 23.0 Å². The smallest absolute Gasteiger partial charge is 0.270 e. The number of nitro benzene ring substituents is 1. The largest absolute Gasteiger partial charge is 0.496 e. The number of hydrogen-bond acceptors (Lipinski definition) is 9. The fourth-order valence-electron chi connectivity index (χ4n) is 9.37. The minimum absolute atomic E-state index is 0.0620. The summed E-state index contributed by atoms with van der Waals surface area (Å²) in [6, 6.07) is 27.6. The Morgan fingerprint density at radius 3 is 2.60 bits per heavy atom. The van der Waals surface area contributed by atoms with Crippen LogP contribution in [0.4, 0.5) is 11.4 Å². The number of para-hydroxylation sites is 1. The third-order valence-electron chi connectivity index (χ3n) is 13.0. The molecule has 0 radical (unpaired) electrons. The van der Waals surface area contributed by atoms with Crippen LogP contribution in [0.15, 0.2) is 110 Å². The number of carbonyl (C=O) groups excluding carboxylic acids is 2. The molecule has 2 amide bonds. The summed E-state index contributed by atoms with van der Waals surface area (Å²) in [4.78, 5) is 47.0. The second-order valence-electron chi connectivity index (χ2n) is 16.6. The highest BCUT2D eigenvalue weighted by molar-refractivity contribution is 6.09. The van der Waals surface area contributed by atoms with Crippen LogP contribution in [0.5, 0.6) is 5.75 Å². The first-order valence-electron chi connectivity index (χ1n) is 21.4. The van der Waals surface area contributed by atoms with Gasteiger partial charge in [0.1, 0.15) is 5.75 Å². The van der Waals surface area contributed by atoms with Crippen LogP contribution in [0.2, 0.25) is 0 Å². The monoisotopic (exact) mass is 849 g/mol. The van der Waals surface area contributed by atoms with E-state index in [9.17, 15) is 14.9 Å². The van der Waals surface area contributed by atoms with E-state index >= 15 is 4.79 Å². The van der Waals surface area contributed by atoms with Crippen LogP contribution < -0.4 is 9.64 Å².